The molecule has 17 heavy (non-hydrogen) atoms. The smallest absolute Gasteiger partial charge is 0.142 e. The van der Waals surface area contributed by atoms with Crippen LogP contribution in [0.5, 0.6) is 0 Å². The summed E-state index contributed by atoms with van der Waals surface area (Å²) in [4.78, 5) is 13.1. The second-order valence-electron chi connectivity index (χ2n) is 4.17. The van der Waals surface area contributed by atoms with Crippen molar-refractivity contribution in [3.63, 3.8) is 0 Å². The van der Waals surface area contributed by atoms with E-state index in [1.165, 1.54) is 0 Å². The van der Waals surface area contributed by atoms with Crippen LogP contribution in [0.1, 0.15) is 24.8 Å². The van der Waals surface area contributed by atoms with E-state index in [9.17, 15) is 4.79 Å². The minimum Gasteiger partial charge on any atom is -0.361 e. The normalized spacial score (nSPS) is 19.8. The van der Waals surface area contributed by atoms with Gasteiger partial charge in [-0.25, -0.2) is 0 Å². The molecule has 1 aliphatic rings. The Morgan fingerprint density at radius 3 is 2.94 bits per heavy atom. The summed E-state index contributed by atoms with van der Waals surface area (Å²) in [5, 5.41) is 9.32. The van der Waals surface area contributed by atoms with Gasteiger partial charge in [0, 0.05) is 6.54 Å². The van der Waals surface area contributed by atoms with E-state index in [1.807, 2.05) is 11.0 Å². The monoisotopic (exact) mass is 248 g/mol. The van der Waals surface area contributed by atoms with Gasteiger partial charge >= 0.3 is 0 Å². The average molecular weight is 249 g/mol. The lowest BCUT2D eigenvalue weighted by molar-refractivity contribution is -0.109. The quantitative estimate of drug-likeness (QED) is 0.756. The van der Waals surface area contributed by atoms with Crippen molar-refractivity contribution in [1.29, 1.82) is 5.26 Å². The molecule has 3 nitrogen and oxygen atoms in total. The van der Waals surface area contributed by atoms with Crippen molar-refractivity contribution >= 4 is 23.6 Å². The first kappa shape index (κ1) is 11.9. The number of hydrogen-bond acceptors (Lipinski definition) is 3. The third-order valence-corrected chi connectivity index (χ3v) is 3.40. The van der Waals surface area contributed by atoms with Crippen molar-refractivity contribution in [3.8, 4) is 6.07 Å². The first-order valence-electron chi connectivity index (χ1n) is 5.68. The first-order valence-corrected chi connectivity index (χ1v) is 6.05. The molecule has 0 saturated carbocycles. The van der Waals surface area contributed by atoms with Crippen LogP contribution in [0.3, 0.4) is 0 Å². The molecule has 0 radical (unpaired) electrons. The maximum Gasteiger partial charge on any atom is 0.142 e. The van der Waals surface area contributed by atoms with Crippen molar-refractivity contribution < 1.29 is 4.79 Å². The summed E-state index contributed by atoms with van der Waals surface area (Å²) in [5.74, 6) is 0. The van der Waals surface area contributed by atoms with Gasteiger partial charge < -0.3 is 9.69 Å². The summed E-state index contributed by atoms with van der Waals surface area (Å²) < 4.78 is 0. The largest absolute Gasteiger partial charge is 0.361 e. The molecule has 1 saturated heterocycles. The molecule has 1 unspecified atom stereocenters. The van der Waals surface area contributed by atoms with Gasteiger partial charge in [0.1, 0.15) is 6.29 Å². The molecule has 0 bridgehead atoms. The van der Waals surface area contributed by atoms with Gasteiger partial charge in [-0.2, -0.15) is 5.26 Å². The number of carbonyl (C=O) groups excluding carboxylic acids is 1. The average Bonchev–Trinajstić information content (AvgIpc) is 2.38. The highest BCUT2D eigenvalue weighted by Crippen LogP contribution is 2.31. The van der Waals surface area contributed by atoms with E-state index in [1.54, 1.807) is 12.1 Å². The first-order chi connectivity index (χ1) is 8.26. The Kier molecular flexibility index (Phi) is 3.65. The minimum absolute atomic E-state index is 0.0887. The second kappa shape index (κ2) is 5.20. The molecule has 1 fully saturated rings. The van der Waals surface area contributed by atoms with Gasteiger partial charge in [-0.15, -0.1) is 0 Å². The van der Waals surface area contributed by atoms with Crippen LogP contribution >= 0.6 is 11.6 Å². The van der Waals surface area contributed by atoms with Crippen molar-refractivity contribution in [2.75, 3.05) is 11.4 Å². The number of benzene rings is 1. The van der Waals surface area contributed by atoms with Crippen LogP contribution in [0.2, 0.25) is 5.02 Å². The van der Waals surface area contributed by atoms with Crippen LogP contribution in [-0.2, 0) is 4.79 Å². The molecule has 1 aromatic rings. The number of anilines is 1. The maximum absolute atomic E-state index is 11.0. The molecule has 1 heterocycles. The summed E-state index contributed by atoms with van der Waals surface area (Å²) in [6.45, 7) is 0.842. The molecule has 1 aliphatic heterocycles. The molecule has 0 spiro atoms. The van der Waals surface area contributed by atoms with Crippen LogP contribution in [0.4, 0.5) is 5.69 Å². The summed E-state index contributed by atoms with van der Waals surface area (Å²) in [7, 11) is 0. The van der Waals surface area contributed by atoms with Crippen molar-refractivity contribution in [2.24, 2.45) is 0 Å². The van der Waals surface area contributed by atoms with Crippen LogP contribution in [-0.4, -0.2) is 18.9 Å². The Morgan fingerprint density at radius 2 is 2.29 bits per heavy atom. The molecule has 4 heteroatoms. The summed E-state index contributed by atoms with van der Waals surface area (Å²) in [6.07, 6.45) is 4.00. The Labute approximate surface area is 106 Å². The highest BCUT2D eigenvalue weighted by atomic mass is 35.5. The lowest BCUT2D eigenvalue weighted by atomic mass is 10.0. The standard InChI is InChI=1S/C13H13ClN2O/c14-12-7-10(8-15)4-5-13(12)16-6-2-1-3-11(16)9-17/h4-5,7,9,11H,1-3,6H2. The lowest BCUT2D eigenvalue weighted by Gasteiger charge is -2.34. The van der Waals surface area contributed by atoms with E-state index in [4.69, 9.17) is 16.9 Å². The van der Waals surface area contributed by atoms with Crippen molar-refractivity contribution in [3.05, 3.63) is 28.8 Å². The topological polar surface area (TPSA) is 44.1 Å². The predicted molar refractivity (Wildman–Crippen MR) is 67.2 cm³/mol. The highest BCUT2D eigenvalue weighted by molar-refractivity contribution is 6.33. The SMILES string of the molecule is N#Cc1ccc(N2CCCCC2C=O)c(Cl)c1. The predicted octanol–water partition coefficient (Wildman–Crippen LogP) is 2.77. The number of carbonyl (C=O) groups is 1. The van der Waals surface area contributed by atoms with Crippen LogP contribution in [0.25, 0.3) is 0 Å². The van der Waals surface area contributed by atoms with Crippen LogP contribution in [0.15, 0.2) is 18.2 Å². The number of hydrogen-bond donors (Lipinski definition) is 0. The number of nitriles is 1. The van der Waals surface area contributed by atoms with Gasteiger partial charge in [-0.05, 0) is 37.5 Å². The Hall–Kier alpha value is -1.53. The highest BCUT2D eigenvalue weighted by Gasteiger charge is 2.23. The lowest BCUT2D eigenvalue weighted by Crippen LogP contribution is -2.40. The van der Waals surface area contributed by atoms with E-state index in [0.29, 0.717) is 10.6 Å². The van der Waals surface area contributed by atoms with Gasteiger partial charge in [0.25, 0.3) is 0 Å². The van der Waals surface area contributed by atoms with Gasteiger partial charge in [0.15, 0.2) is 0 Å². The second-order valence-corrected chi connectivity index (χ2v) is 4.58. The van der Waals surface area contributed by atoms with Crippen molar-refractivity contribution in [1.82, 2.24) is 0 Å². The Bertz CT molecular complexity index is 467. The maximum atomic E-state index is 11.0. The van der Waals surface area contributed by atoms with Crippen molar-refractivity contribution in [2.45, 2.75) is 25.3 Å². The molecule has 88 valence electrons. The molecule has 0 aromatic heterocycles. The number of rotatable bonds is 2. The molecule has 1 atom stereocenters. The third-order valence-electron chi connectivity index (χ3n) is 3.09. The third kappa shape index (κ3) is 2.42. The molecule has 0 aliphatic carbocycles. The fourth-order valence-electron chi connectivity index (χ4n) is 2.21. The number of nitrogens with zero attached hydrogens (tertiary/aromatic N) is 2. The number of halogens is 1. The molecular weight excluding hydrogens is 236 g/mol. The van der Waals surface area contributed by atoms with Crippen LogP contribution < -0.4 is 4.90 Å². The van der Waals surface area contributed by atoms with E-state index in [2.05, 4.69) is 6.07 Å². The number of aldehydes is 1. The van der Waals surface area contributed by atoms with E-state index < -0.39 is 0 Å². The molecule has 0 amide bonds. The van der Waals surface area contributed by atoms with E-state index >= 15 is 0 Å². The zero-order valence-corrected chi connectivity index (χ0v) is 10.2. The van der Waals surface area contributed by atoms with Gasteiger partial charge in [0.2, 0.25) is 0 Å². The Morgan fingerprint density at radius 1 is 1.47 bits per heavy atom. The summed E-state index contributed by atoms with van der Waals surface area (Å²) in [5.41, 5.74) is 1.39. The number of piperidine rings is 1. The van der Waals surface area contributed by atoms with E-state index in [-0.39, 0.29) is 6.04 Å². The molecule has 1 aromatic carbocycles. The summed E-state index contributed by atoms with van der Waals surface area (Å²) >= 11 is 6.16. The summed E-state index contributed by atoms with van der Waals surface area (Å²) in [6, 6.07) is 7.16. The molecule has 2 rings (SSSR count). The van der Waals surface area contributed by atoms with E-state index in [0.717, 1.165) is 37.8 Å². The zero-order valence-electron chi connectivity index (χ0n) is 9.40. The van der Waals surface area contributed by atoms with Gasteiger partial charge in [-0.1, -0.05) is 11.6 Å². The zero-order chi connectivity index (χ0) is 12.3. The fourth-order valence-corrected chi connectivity index (χ4v) is 2.50. The minimum atomic E-state index is -0.0887. The van der Waals surface area contributed by atoms with Gasteiger partial charge in [-0.3, -0.25) is 0 Å². The molecular formula is C13H13ClN2O. The Balaban J connectivity index is 2.32. The fraction of sp³-hybridized carbons (Fsp3) is 0.385. The molecule has 0 N–H and O–H groups in total. The van der Waals surface area contributed by atoms with Crippen LogP contribution in [0, 0.1) is 11.3 Å². The van der Waals surface area contributed by atoms with Gasteiger partial charge in [0.05, 0.1) is 28.4 Å².